The van der Waals surface area contributed by atoms with Gasteiger partial charge in [0.2, 0.25) is 0 Å². The van der Waals surface area contributed by atoms with Gasteiger partial charge < -0.3 is 24.4 Å². The highest BCUT2D eigenvalue weighted by Crippen LogP contribution is 2.22. The number of hydrogen-bond acceptors (Lipinski definition) is 6. The van der Waals surface area contributed by atoms with Gasteiger partial charge in [-0.15, -0.1) is 0 Å². The SMILES string of the molecule is COC(=O)CC(=O)c1ccc(OCC2CN(C(=S)NC3Cc4ccccc4C3)CCO2)cc1. The van der Waals surface area contributed by atoms with Crippen molar-refractivity contribution in [2.45, 2.75) is 31.4 Å². The Balaban J connectivity index is 1.23. The molecule has 4 rings (SSSR count). The highest BCUT2D eigenvalue weighted by Gasteiger charge is 2.26. The minimum Gasteiger partial charge on any atom is -0.491 e. The van der Waals surface area contributed by atoms with Crippen molar-refractivity contribution in [3.8, 4) is 5.75 Å². The Bertz CT molecular complexity index is 985. The number of ether oxygens (including phenoxy) is 3. The number of thiocarbonyl (C=S) groups is 1. The molecule has 1 saturated heterocycles. The molecular formula is C25H28N2O5S. The van der Waals surface area contributed by atoms with Crippen molar-refractivity contribution in [1.29, 1.82) is 0 Å². The number of hydrogen-bond donors (Lipinski definition) is 1. The lowest BCUT2D eigenvalue weighted by Gasteiger charge is -2.35. The maximum Gasteiger partial charge on any atom is 0.313 e. The second kappa shape index (κ2) is 10.8. The Morgan fingerprint density at radius 2 is 1.82 bits per heavy atom. The number of rotatable bonds is 7. The summed E-state index contributed by atoms with van der Waals surface area (Å²) in [7, 11) is 1.26. The van der Waals surface area contributed by atoms with Crippen LogP contribution in [0.1, 0.15) is 27.9 Å². The van der Waals surface area contributed by atoms with Crippen LogP contribution in [0.4, 0.5) is 0 Å². The van der Waals surface area contributed by atoms with Crippen LogP contribution in [0, 0.1) is 0 Å². The summed E-state index contributed by atoms with van der Waals surface area (Å²) >= 11 is 5.68. The second-order valence-corrected chi connectivity index (χ2v) is 8.66. The van der Waals surface area contributed by atoms with Crippen molar-refractivity contribution in [1.82, 2.24) is 10.2 Å². The van der Waals surface area contributed by atoms with Crippen LogP contribution in [-0.4, -0.2) is 67.3 Å². The summed E-state index contributed by atoms with van der Waals surface area (Å²) in [6.07, 6.45) is 1.60. The van der Waals surface area contributed by atoms with Gasteiger partial charge in [0.1, 0.15) is 24.9 Å². The maximum absolute atomic E-state index is 12.0. The number of nitrogens with zero attached hydrogens (tertiary/aromatic N) is 1. The number of carbonyl (C=O) groups is 2. The van der Waals surface area contributed by atoms with E-state index in [4.69, 9.17) is 21.7 Å². The number of morpholine rings is 1. The monoisotopic (exact) mass is 468 g/mol. The standard InChI is InChI=1S/C25H28N2O5S/c1-30-24(29)14-23(28)17-6-8-21(9-7-17)32-16-22-15-27(10-11-31-22)25(33)26-20-12-18-4-2-3-5-19(18)13-20/h2-9,20,22H,10-16H2,1H3,(H,26,33). The number of benzene rings is 2. The smallest absolute Gasteiger partial charge is 0.313 e. The van der Waals surface area contributed by atoms with E-state index in [1.54, 1.807) is 24.3 Å². The first-order valence-electron chi connectivity index (χ1n) is 11.1. The molecule has 1 atom stereocenters. The molecule has 8 heteroatoms. The second-order valence-electron chi connectivity index (χ2n) is 8.27. The number of Topliss-reactive ketones (excluding diaryl/α,β-unsaturated/α-hetero) is 1. The van der Waals surface area contributed by atoms with E-state index in [-0.39, 0.29) is 18.3 Å². The van der Waals surface area contributed by atoms with E-state index in [9.17, 15) is 9.59 Å². The van der Waals surface area contributed by atoms with E-state index in [1.807, 2.05) is 0 Å². The van der Waals surface area contributed by atoms with E-state index >= 15 is 0 Å². The molecule has 1 heterocycles. The Morgan fingerprint density at radius 3 is 2.48 bits per heavy atom. The molecule has 0 radical (unpaired) electrons. The highest BCUT2D eigenvalue weighted by molar-refractivity contribution is 7.80. The molecule has 1 N–H and O–H groups in total. The van der Waals surface area contributed by atoms with Gasteiger partial charge in [-0.2, -0.15) is 0 Å². The van der Waals surface area contributed by atoms with Crippen LogP contribution >= 0.6 is 12.2 Å². The third-order valence-electron chi connectivity index (χ3n) is 5.95. The Hall–Kier alpha value is -2.97. The average Bonchev–Trinajstić information content (AvgIpc) is 3.25. The van der Waals surface area contributed by atoms with E-state index in [2.05, 4.69) is 39.2 Å². The predicted octanol–water partition coefficient (Wildman–Crippen LogP) is 2.55. The van der Waals surface area contributed by atoms with Crippen molar-refractivity contribution in [3.63, 3.8) is 0 Å². The lowest BCUT2D eigenvalue weighted by Crippen LogP contribution is -2.53. The van der Waals surface area contributed by atoms with Gasteiger partial charge in [-0.05, 0) is 60.5 Å². The summed E-state index contributed by atoms with van der Waals surface area (Å²) < 4.78 is 16.3. The van der Waals surface area contributed by atoms with Gasteiger partial charge in [-0.3, -0.25) is 9.59 Å². The molecule has 2 aromatic carbocycles. The molecule has 1 aliphatic carbocycles. The normalized spacial score (nSPS) is 17.8. The molecule has 0 saturated carbocycles. The van der Waals surface area contributed by atoms with Crippen LogP contribution in [0.2, 0.25) is 0 Å². The quantitative estimate of drug-likeness (QED) is 0.288. The fraction of sp³-hybridized carbons (Fsp3) is 0.400. The first-order valence-corrected chi connectivity index (χ1v) is 11.5. The number of fused-ring (bicyclic) bond motifs is 1. The van der Waals surface area contributed by atoms with Crippen molar-refractivity contribution in [3.05, 3.63) is 65.2 Å². The molecular weight excluding hydrogens is 440 g/mol. The van der Waals surface area contributed by atoms with Crippen molar-refractivity contribution < 1.29 is 23.8 Å². The third-order valence-corrected chi connectivity index (χ3v) is 6.33. The molecule has 174 valence electrons. The summed E-state index contributed by atoms with van der Waals surface area (Å²) in [5.74, 6) is -0.204. The molecule has 0 spiro atoms. The zero-order valence-electron chi connectivity index (χ0n) is 18.6. The van der Waals surface area contributed by atoms with Crippen LogP contribution < -0.4 is 10.1 Å². The van der Waals surface area contributed by atoms with Gasteiger partial charge in [-0.25, -0.2) is 0 Å². The number of carbonyl (C=O) groups excluding carboxylic acids is 2. The fourth-order valence-electron chi connectivity index (χ4n) is 4.16. The largest absolute Gasteiger partial charge is 0.491 e. The van der Waals surface area contributed by atoms with E-state index < -0.39 is 5.97 Å². The predicted molar refractivity (Wildman–Crippen MR) is 128 cm³/mol. The molecule has 1 fully saturated rings. The molecule has 0 bridgehead atoms. The van der Waals surface area contributed by atoms with Gasteiger partial charge >= 0.3 is 5.97 Å². The minimum absolute atomic E-state index is 0.111. The Morgan fingerprint density at radius 1 is 1.12 bits per heavy atom. The number of methoxy groups -OCH3 is 1. The summed E-state index contributed by atoms with van der Waals surface area (Å²) in [4.78, 5) is 25.4. The fourth-order valence-corrected chi connectivity index (χ4v) is 4.50. The van der Waals surface area contributed by atoms with E-state index in [1.165, 1.54) is 18.2 Å². The molecule has 2 aromatic rings. The van der Waals surface area contributed by atoms with E-state index in [0.29, 0.717) is 37.1 Å². The number of ketones is 1. The number of esters is 1. The maximum atomic E-state index is 12.0. The molecule has 1 aliphatic heterocycles. The van der Waals surface area contributed by atoms with Gasteiger partial charge in [0.15, 0.2) is 10.9 Å². The first kappa shape index (κ1) is 23.2. The Kier molecular flexibility index (Phi) is 7.57. The molecule has 0 aromatic heterocycles. The number of nitrogens with one attached hydrogen (secondary N) is 1. The molecule has 0 amide bonds. The summed E-state index contributed by atoms with van der Waals surface area (Å²) in [6.45, 7) is 2.37. The third kappa shape index (κ3) is 6.09. The van der Waals surface area contributed by atoms with Crippen molar-refractivity contribution in [2.75, 3.05) is 33.4 Å². The summed E-state index contributed by atoms with van der Waals surface area (Å²) in [6, 6.07) is 15.6. The summed E-state index contributed by atoms with van der Waals surface area (Å²) in [5.41, 5.74) is 3.23. The average molecular weight is 469 g/mol. The van der Waals surface area contributed by atoms with Gasteiger partial charge in [0.25, 0.3) is 0 Å². The molecule has 2 aliphatic rings. The van der Waals surface area contributed by atoms with Gasteiger partial charge in [0.05, 0.1) is 13.7 Å². The van der Waals surface area contributed by atoms with E-state index in [0.717, 1.165) is 24.5 Å². The molecule has 33 heavy (non-hydrogen) atoms. The molecule has 1 unspecified atom stereocenters. The zero-order valence-corrected chi connectivity index (χ0v) is 19.4. The lowest BCUT2D eigenvalue weighted by molar-refractivity contribution is -0.139. The highest BCUT2D eigenvalue weighted by atomic mass is 32.1. The van der Waals surface area contributed by atoms with Crippen LogP contribution in [0.3, 0.4) is 0 Å². The van der Waals surface area contributed by atoms with Crippen LogP contribution in [0.5, 0.6) is 5.75 Å². The minimum atomic E-state index is -0.552. The van der Waals surface area contributed by atoms with Crippen LogP contribution in [0.15, 0.2) is 48.5 Å². The van der Waals surface area contributed by atoms with Crippen molar-refractivity contribution in [2.24, 2.45) is 0 Å². The van der Waals surface area contributed by atoms with Gasteiger partial charge in [0, 0.05) is 24.7 Å². The molecule has 7 nitrogen and oxygen atoms in total. The zero-order chi connectivity index (χ0) is 23.2. The Labute approximate surface area is 199 Å². The van der Waals surface area contributed by atoms with Crippen LogP contribution in [0.25, 0.3) is 0 Å². The van der Waals surface area contributed by atoms with Gasteiger partial charge in [-0.1, -0.05) is 24.3 Å². The van der Waals surface area contributed by atoms with Crippen LogP contribution in [-0.2, 0) is 27.1 Å². The van der Waals surface area contributed by atoms with Crippen molar-refractivity contribution >= 4 is 29.1 Å². The summed E-state index contributed by atoms with van der Waals surface area (Å²) in [5, 5.41) is 4.28. The topological polar surface area (TPSA) is 77.1 Å². The first-order chi connectivity index (χ1) is 16.0. The lowest BCUT2D eigenvalue weighted by atomic mass is 10.1.